The summed E-state index contributed by atoms with van der Waals surface area (Å²) in [7, 11) is 0. The Morgan fingerprint density at radius 2 is 1.75 bits per heavy atom. The van der Waals surface area contributed by atoms with Gasteiger partial charge in [-0.1, -0.05) is 0 Å². The van der Waals surface area contributed by atoms with Crippen molar-refractivity contribution in [3.05, 3.63) is 0 Å². The van der Waals surface area contributed by atoms with Crippen LogP contribution < -0.4 is 0 Å². The summed E-state index contributed by atoms with van der Waals surface area (Å²) in [6.07, 6.45) is 3.88. The van der Waals surface area contributed by atoms with Crippen LogP contribution in [0.1, 0.15) is 0 Å². The minimum atomic E-state index is -2.26. The highest BCUT2D eigenvalue weighted by molar-refractivity contribution is 7.92. The van der Waals surface area contributed by atoms with Crippen molar-refractivity contribution >= 4 is 40.3 Å². The van der Waals surface area contributed by atoms with Crippen LogP contribution >= 0.6 is 22.2 Å². The first-order chi connectivity index (χ1) is 3.42. The molecule has 0 saturated carbocycles. The first-order valence-electron chi connectivity index (χ1n) is 2.07. The van der Waals surface area contributed by atoms with Crippen LogP contribution in [0, 0.1) is 0 Å². The van der Waals surface area contributed by atoms with Gasteiger partial charge in [-0.2, -0.15) is 3.87 Å². The Hall–Kier alpha value is 1.11. The lowest BCUT2D eigenvalue weighted by Gasteiger charge is -2.04. The number of hydrogen-bond acceptors (Lipinski definition) is 1. The monoisotopic (exact) mass is 191 g/mol. The van der Waals surface area contributed by atoms with Crippen molar-refractivity contribution in [2.24, 2.45) is 0 Å². The lowest BCUT2D eigenvalue weighted by Crippen LogP contribution is -2.22. The standard InChI is InChI=1S/C3H9Cl2OSSi/c1-7(2)6-8(3,4)5/h1-3H3/q+1. The van der Waals surface area contributed by atoms with Gasteiger partial charge in [-0.05, 0) is 6.55 Å². The lowest BCUT2D eigenvalue weighted by molar-refractivity contribution is 0.673. The molecule has 0 aliphatic rings. The van der Waals surface area contributed by atoms with Gasteiger partial charge in [0.05, 0.1) is 0 Å². The maximum atomic E-state index is 5.62. The minimum absolute atomic E-state index is 0.0872. The van der Waals surface area contributed by atoms with E-state index in [0.717, 1.165) is 0 Å². The predicted octanol–water partition coefficient (Wildman–Crippen LogP) is 1.84. The van der Waals surface area contributed by atoms with Crippen molar-refractivity contribution in [1.29, 1.82) is 0 Å². The summed E-state index contributed by atoms with van der Waals surface area (Å²) in [5.74, 6) is 0. The van der Waals surface area contributed by atoms with Crippen LogP contribution in [0.3, 0.4) is 0 Å². The van der Waals surface area contributed by atoms with E-state index in [4.69, 9.17) is 26.0 Å². The van der Waals surface area contributed by atoms with Gasteiger partial charge in [0.2, 0.25) is 0 Å². The van der Waals surface area contributed by atoms with Crippen LogP contribution in [-0.2, 0) is 15.0 Å². The molecule has 0 aliphatic carbocycles. The van der Waals surface area contributed by atoms with Gasteiger partial charge >= 0.3 is 6.94 Å². The van der Waals surface area contributed by atoms with Gasteiger partial charge in [-0.25, -0.2) is 0 Å². The highest BCUT2D eigenvalue weighted by Gasteiger charge is 2.31. The molecule has 0 aliphatic heterocycles. The van der Waals surface area contributed by atoms with Crippen LogP contribution in [0.15, 0.2) is 0 Å². The summed E-state index contributed by atoms with van der Waals surface area (Å²) in [6, 6.07) is 0. The number of rotatable bonds is 2. The van der Waals surface area contributed by atoms with Crippen molar-refractivity contribution < 1.29 is 3.87 Å². The van der Waals surface area contributed by atoms with Gasteiger partial charge in [0.1, 0.15) is 23.7 Å². The predicted molar refractivity (Wildman–Crippen MR) is 43.6 cm³/mol. The summed E-state index contributed by atoms with van der Waals surface area (Å²) in [5.41, 5.74) is 0. The zero-order chi connectivity index (χ0) is 6.78. The Morgan fingerprint density at radius 3 is 1.75 bits per heavy atom. The maximum absolute atomic E-state index is 5.62. The molecule has 0 amide bonds. The number of halogens is 2. The molecular formula is C3H9Cl2OSSi+. The molecule has 0 aromatic rings. The molecule has 0 heterocycles. The summed E-state index contributed by atoms with van der Waals surface area (Å²) < 4.78 is 5.14. The largest absolute Gasteiger partial charge is 0.451 e. The van der Waals surface area contributed by atoms with Crippen molar-refractivity contribution in [2.75, 3.05) is 12.5 Å². The second-order valence-electron chi connectivity index (χ2n) is 1.63. The molecule has 0 saturated heterocycles. The fourth-order valence-corrected chi connectivity index (χ4v) is 4.90. The fourth-order valence-electron chi connectivity index (χ4n) is 0.293. The molecule has 0 atom stereocenters. The second-order valence-corrected chi connectivity index (χ2v) is 10.3. The van der Waals surface area contributed by atoms with E-state index < -0.39 is 6.94 Å². The smallest absolute Gasteiger partial charge is 0.189 e. The molecule has 50 valence electrons. The minimum Gasteiger partial charge on any atom is -0.189 e. The van der Waals surface area contributed by atoms with Gasteiger partial charge in [-0.15, -0.1) is 22.2 Å². The summed E-state index contributed by atoms with van der Waals surface area (Å²) in [4.78, 5) is 0. The molecule has 0 bridgehead atoms. The van der Waals surface area contributed by atoms with Gasteiger partial charge in [0.15, 0.2) is 0 Å². The van der Waals surface area contributed by atoms with Crippen molar-refractivity contribution in [2.45, 2.75) is 6.55 Å². The van der Waals surface area contributed by atoms with Gasteiger partial charge < -0.3 is 0 Å². The summed E-state index contributed by atoms with van der Waals surface area (Å²) >= 11 is 11.1. The normalized spacial score (nSPS) is 12.8. The summed E-state index contributed by atoms with van der Waals surface area (Å²) in [5, 5.41) is 0. The number of hydrogen-bond donors (Lipinski definition) is 0. The van der Waals surface area contributed by atoms with Crippen LogP contribution in [0.25, 0.3) is 0 Å². The third kappa shape index (κ3) is 7.11. The van der Waals surface area contributed by atoms with Crippen molar-refractivity contribution in [1.82, 2.24) is 0 Å². The first-order valence-corrected chi connectivity index (χ1v) is 8.46. The highest BCUT2D eigenvalue weighted by atomic mass is 35.7. The van der Waals surface area contributed by atoms with E-state index in [2.05, 4.69) is 0 Å². The molecule has 1 nitrogen and oxygen atoms in total. The second kappa shape index (κ2) is 3.32. The van der Waals surface area contributed by atoms with Gasteiger partial charge in [0, 0.05) is 0 Å². The van der Waals surface area contributed by atoms with Crippen LogP contribution in [-0.4, -0.2) is 19.4 Å². The molecule has 0 rings (SSSR count). The Labute approximate surface area is 63.4 Å². The zero-order valence-electron chi connectivity index (χ0n) is 5.07. The SMILES string of the molecule is C[S+](C)O[Si](C)(Cl)Cl. The average Bonchev–Trinajstić information content (AvgIpc) is 1.21. The quantitative estimate of drug-likeness (QED) is 0.368. The van der Waals surface area contributed by atoms with Crippen LogP contribution in [0.2, 0.25) is 6.55 Å². The van der Waals surface area contributed by atoms with Crippen LogP contribution in [0.5, 0.6) is 0 Å². The molecule has 0 aromatic carbocycles. The molecule has 8 heavy (non-hydrogen) atoms. The van der Waals surface area contributed by atoms with Crippen molar-refractivity contribution in [3.63, 3.8) is 0 Å². The molecule has 0 unspecified atom stereocenters. The lowest BCUT2D eigenvalue weighted by atomic mass is 11.9. The molecule has 0 radical (unpaired) electrons. The maximum Gasteiger partial charge on any atom is 0.451 e. The zero-order valence-corrected chi connectivity index (χ0v) is 8.40. The molecular weight excluding hydrogens is 183 g/mol. The molecule has 0 N–H and O–H groups in total. The topological polar surface area (TPSA) is 9.23 Å². The Balaban J connectivity index is 3.39. The first kappa shape index (κ1) is 9.11. The molecule has 5 heteroatoms. The van der Waals surface area contributed by atoms with E-state index in [1.54, 1.807) is 6.55 Å². The Bertz CT molecular complexity index is 72.2. The van der Waals surface area contributed by atoms with Gasteiger partial charge in [-0.3, -0.25) is 0 Å². The Kier molecular flexibility index (Phi) is 3.78. The molecule has 0 aromatic heterocycles. The third-order valence-corrected chi connectivity index (χ3v) is 3.95. The van der Waals surface area contributed by atoms with E-state index in [-0.39, 0.29) is 11.2 Å². The van der Waals surface area contributed by atoms with Crippen molar-refractivity contribution in [3.8, 4) is 0 Å². The van der Waals surface area contributed by atoms with Crippen LogP contribution in [0.4, 0.5) is 0 Å². The van der Waals surface area contributed by atoms with E-state index in [9.17, 15) is 0 Å². The molecule has 0 spiro atoms. The third-order valence-electron chi connectivity index (χ3n) is 0.313. The molecule has 0 fully saturated rings. The van der Waals surface area contributed by atoms with Gasteiger partial charge in [0.25, 0.3) is 0 Å². The van der Waals surface area contributed by atoms with E-state index in [1.807, 2.05) is 12.5 Å². The highest BCUT2D eigenvalue weighted by Crippen LogP contribution is 2.17. The van der Waals surface area contributed by atoms with E-state index >= 15 is 0 Å². The fraction of sp³-hybridized carbons (Fsp3) is 1.00. The summed E-state index contributed by atoms with van der Waals surface area (Å²) in [6.45, 7) is -0.524. The average molecular weight is 192 g/mol. The Morgan fingerprint density at radius 1 is 1.38 bits per heavy atom. The van der Waals surface area contributed by atoms with E-state index in [1.165, 1.54) is 0 Å². The van der Waals surface area contributed by atoms with E-state index in [0.29, 0.717) is 0 Å².